The van der Waals surface area contributed by atoms with Crippen LogP contribution in [0.3, 0.4) is 0 Å². The standard InChI is InChI=1S/C18H22FN5O2/c1-2-11-7-12(19)8-13-18(11)23-14(20-13)9-15-21-16(10-17(25)22-15)24-3-5-26-6-4-24/h7-8,17,25H,2-6,9-10H2,1H3,(H,20,23). The van der Waals surface area contributed by atoms with Crippen molar-refractivity contribution in [2.24, 2.45) is 9.98 Å². The normalized spacial score (nSPS) is 21.0. The predicted octanol–water partition coefficient (Wildman–Crippen LogP) is 1.66. The highest BCUT2D eigenvalue weighted by atomic mass is 19.1. The molecule has 2 aliphatic heterocycles. The number of nitrogens with one attached hydrogen (secondary N) is 1. The van der Waals surface area contributed by atoms with E-state index < -0.39 is 6.23 Å². The highest BCUT2D eigenvalue weighted by molar-refractivity contribution is 6.00. The molecule has 1 unspecified atom stereocenters. The molecule has 2 N–H and O–H groups in total. The summed E-state index contributed by atoms with van der Waals surface area (Å²) in [6.07, 6.45) is 0.685. The number of aromatic nitrogens is 2. The Morgan fingerprint density at radius 3 is 2.92 bits per heavy atom. The van der Waals surface area contributed by atoms with Gasteiger partial charge in [-0.05, 0) is 24.1 Å². The van der Waals surface area contributed by atoms with E-state index in [9.17, 15) is 9.50 Å². The molecule has 1 aromatic heterocycles. The Morgan fingerprint density at radius 1 is 1.35 bits per heavy atom. The van der Waals surface area contributed by atoms with Gasteiger partial charge in [-0.3, -0.25) is 0 Å². The summed E-state index contributed by atoms with van der Waals surface area (Å²) in [5.74, 6) is 1.76. The Kier molecular flexibility index (Phi) is 4.69. The van der Waals surface area contributed by atoms with E-state index in [1.165, 1.54) is 12.1 Å². The number of nitrogens with zero attached hydrogens (tertiary/aromatic N) is 4. The number of rotatable bonds is 3. The molecule has 0 saturated carbocycles. The monoisotopic (exact) mass is 359 g/mol. The number of hydrogen-bond donors (Lipinski definition) is 2. The Balaban J connectivity index is 1.59. The lowest BCUT2D eigenvalue weighted by atomic mass is 10.1. The summed E-state index contributed by atoms with van der Waals surface area (Å²) in [5, 5.41) is 10.1. The van der Waals surface area contributed by atoms with Crippen LogP contribution >= 0.6 is 0 Å². The van der Waals surface area contributed by atoms with Crippen molar-refractivity contribution in [3.05, 3.63) is 29.3 Å². The molecule has 1 aromatic carbocycles. The van der Waals surface area contributed by atoms with Crippen LogP contribution in [0.1, 0.15) is 24.7 Å². The van der Waals surface area contributed by atoms with Crippen LogP contribution in [-0.4, -0.2) is 64.2 Å². The third-order valence-corrected chi connectivity index (χ3v) is 4.68. The minimum absolute atomic E-state index is 0.275. The van der Waals surface area contributed by atoms with Gasteiger partial charge in [0, 0.05) is 13.1 Å². The number of aryl methyl sites for hydroxylation is 1. The smallest absolute Gasteiger partial charge is 0.154 e. The molecule has 2 aliphatic rings. The Bertz CT molecular complexity index is 870. The van der Waals surface area contributed by atoms with Gasteiger partial charge in [0.05, 0.1) is 37.1 Å². The number of hydrogen-bond acceptors (Lipinski definition) is 6. The van der Waals surface area contributed by atoms with Crippen LogP contribution in [0, 0.1) is 5.82 Å². The number of fused-ring (bicyclic) bond motifs is 1. The van der Waals surface area contributed by atoms with E-state index in [0.29, 0.717) is 49.7 Å². The fraction of sp³-hybridized carbons (Fsp3) is 0.500. The molecule has 4 rings (SSSR count). The number of aliphatic hydroxyl groups is 1. The number of aliphatic imine (C=N–C) groups is 2. The number of aliphatic hydroxyl groups excluding tert-OH is 1. The number of amidine groups is 2. The van der Waals surface area contributed by atoms with Gasteiger partial charge in [0.1, 0.15) is 23.3 Å². The van der Waals surface area contributed by atoms with Gasteiger partial charge in [-0.25, -0.2) is 19.4 Å². The number of aromatic amines is 1. The molecule has 7 nitrogen and oxygen atoms in total. The van der Waals surface area contributed by atoms with Crippen molar-refractivity contribution in [2.75, 3.05) is 26.3 Å². The van der Waals surface area contributed by atoms with Crippen LogP contribution in [0.25, 0.3) is 11.0 Å². The molecule has 138 valence electrons. The maximum absolute atomic E-state index is 13.7. The third kappa shape index (κ3) is 3.47. The fourth-order valence-electron chi connectivity index (χ4n) is 3.42. The van der Waals surface area contributed by atoms with E-state index in [0.717, 1.165) is 30.0 Å². The second-order valence-electron chi connectivity index (χ2n) is 6.53. The molecule has 0 bridgehead atoms. The van der Waals surface area contributed by atoms with Crippen LogP contribution < -0.4 is 0 Å². The van der Waals surface area contributed by atoms with E-state index >= 15 is 0 Å². The van der Waals surface area contributed by atoms with Gasteiger partial charge < -0.3 is 19.7 Å². The maximum atomic E-state index is 13.7. The van der Waals surface area contributed by atoms with Crippen molar-refractivity contribution in [3.8, 4) is 0 Å². The minimum Gasteiger partial charge on any atom is -0.378 e. The van der Waals surface area contributed by atoms with E-state index in [1.807, 2.05) is 6.92 Å². The summed E-state index contributed by atoms with van der Waals surface area (Å²) in [6.45, 7) is 4.83. The van der Waals surface area contributed by atoms with Gasteiger partial charge >= 0.3 is 0 Å². The molecular weight excluding hydrogens is 337 g/mol. The second kappa shape index (κ2) is 7.13. The average Bonchev–Trinajstić information content (AvgIpc) is 3.03. The van der Waals surface area contributed by atoms with Gasteiger partial charge in [-0.2, -0.15) is 0 Å². The Labute approximate surface area is 150 Å². The second-order valence-corrected chi connectivity index (χ2v) is 6.53. The summed E-state index contributed by atoms with van der Waals surface area (Å²) >= 11 is 0. The summed E-state index contributed by atoms with van der Waals surface area (Å²) in [6, 6.07) is 2.97. The molecule has 2 aromatic rings. The number of H-pyrrole nitrogens is 1. The maximum Gasteiger partial charge on any atom is 0.154 e. The molecule has 8 heteroatoms. The first-order valence-corrected chi connectivity index (χ1v) is 8.94. The summed E-state index contributed by atoms with van der Waals surface area (Å²) < 4.78 is 19.1. The molecule has 0 aliphatic carbocycles. The zero-order valence-electron chi connectivity index (χ0n) is 14.7. The molecule has 1 saturated heterocycles. The Morgan fingerprint density at radius 2 is 2.15 bits per heavy atom. The van der Waals surface area contributed by atoms with Crippen LogP contribution in [0.2, 0.25) is 0 Å². The number of morpholine rings is 1. The summed E-state index contributed by atoms with van der Waals surface area (Å²) in [7, 11) is 0. The minimum atomic E-state index is -0.798. The third-order valence-electron chi connectivity index (χ3n) is 4.68. The lowest BCUT2D eigenvalue weighted by Crippen LogP contribution is -2.43. The quantitative estimate of drug-likeness (QED) is 0.873. The van der Waals surface area contributed by atoms with Crippen molar-refractivity contribution >= 4 is 22.7 Å². The average molecular weight is 359 g/mol. The molecule has 1 atom stereocenters. The van der Waals surface area contributed by atoms with Gasteiger partial charge in [0.25, 0.3) is 0 Å². The zero-order chi connectivity index (χ0) is 18.1. The summed E-state index contributed by atoms with van der Waals surface area (Å²) in [5.41, 5.74) is 2.31. The van der Waals surface area contributed by atoms with Crippen LogP contribution in [0.15, 0.2) is 22.1 Å². The number of ether oxygens (including phenoxy) is 1. The first kappa shape index (κ1) is 17.1. The molecule has 0 radical (unpaired) electrons. The Hall–Kier alpha value is -2.32. The molecule has 0 spiro atoms. The summed E-state index contributed by atoms with van der Waals surface area (Å²) in [4.78, 5) is 18.7. The van der Waals surface area contributed by atoms with Gasteiger partial charge in [-0.1, -0.05) is 6.92 Å². The van der Waals surface area contributed by atoms with E-state index in [1.54, 1.807) is 0 Å². The van der Waals surface area contributed by atoms with Crippen molar-refractivity contribution in [1.82, 2.24) is 14.9 Å². The molecular formula is C18H22FN5O2. The lowest BCUT2D eigenvalue weighted by Gasteiger charge is -2.31. The van der Waals surface area contributed by atoms with Crippen LogP contribution in [-0.2, 0) is 17.6 Å². The predicted molar refractivity (Wildman–Crippen MR) is 97.0 cm³/mol. The van der Waals surface area contributed by atoms with E-state index in [2.05, 4.69) is 24.9 Å². The largest absolute Gasteiger partial charge is 0.378 e. The van der Waals surface area contributed by atoms with Crippen molar-refractivity contribution in [1.29, 1.82) is 0 Å². The number of benzene rings is 1. The van der Waals surface area contributed by atoms with Crippen LogP contribution in [0.5, 0.6) is 0 Å². The van der Waals surface area contributed by atoms with Gasteiger partial charge in [0.15, 0.2) is 6.23 Å². The molecule has 0 amide bonds. The van der Waals surface area contributed by atoms with Crippen molar-refractivity contribution in [2.45, 2.75) is 32.4 Å². The number of imidazole rings is 1. The van der Waals surface area contributed by atoms with E-state index in [4.69, 9.17) is 4.74 Å². The van der Waals surface area contributed by atoms with Crippen molar-refractivity contribution < 1.29 is 14.2 Å². The first-order chi connectivity index (χ1) is 12.6. The van der Waals surface area contributed by atoms with E-state index in [-0.39, 0.29) is 5.82 Å². The SMILES string of the molecule is CCc1cc(F)cc2[nH]c(CC3=NC(O)CC(N4CCOCC4)=N3)nc12. The van der Waals surface area contributed by atoms with Crippen molar-refractivity contribution in [3.63, 3.8) is 0 Å². The lowest BCUT2D eigenvalue weighted by molar-refractivity contribution is 0.0652. The van der Waals surface area contributed by atoms with Gasteiger partial charge in [0.2, 0.25) is 0 Å². The number of halogens is 1. The van der Waals surface area contributed by atoms with Crippen LogP contribution in [0.4, 0.5) is 4.39 Å². The van der Waals surface area contributed by atoms with Gasteiger partial charge in [-0.15, -0.1) is 0 Å². The highest BCUT2D eigenvalue weighted by Gasteiger charge is 2.23. The topological polar surface area (TPSA) is 86.1 Å². The first-order valence-electron chi connectivity index (χ1n) is 8.94. The molecule has 1 fully saturated rings. The fourth-order valence-corrected chi connectivity index (χ4v) is 3.42. The highest BCUT2D eigenvalue weighted by Crippen LogP contribution is 2.20. The zero-order valence-corrected chi connectivity index (χ0v) is 14.7. The molecule has 3 heterocycles. The molecule has 26 heavy (non-hydrogen) atoms.